The third kappa shape index (κ3) is 4.81. The van der Waals surface area contributed by atoms with E-state index >= 15 is 0 Å². The summed E-state index contributed by atoms with van der Waals surface area (Å²) in [7, 11) is 0. The second kappa shape index (κ2) is 8.88. The summed E-state index contributed by atoms with van der Waals surface area (Å²) in [6, 6.07) is 22.9. The van der Waals surface area contributed by atoms with Crippen LogP contribution in [0.4, 0.5) is 0 Å². The predicted octanol–water partition coefficient (Wildman–Crippen LogP) is 4.34. The van der Waals surface area contributed by atoms with Gasteiger partial charge in [0.05, 0.1) is 11.6 Å². The molecular weight excluding hydrogens is 390 g/mol. The third-order valence-electron chi connectivity index (χ3n) is 4.49. The van der Waals surface area contributed by atoms with Gasteiger partial charge in [0.2, 0.25) is 0 Å². The molecule has 3 aromatic rings. The topological polar surface area (TPSA) is 56.8 Å². The molecule has 0 unspecified atom stereocenters. The maximum absolute atomic E-state index is 12.1. The first-order chi connectivity index (χ1) is 14.2. The molecular formula is C23H20ClNO4. The monoisotopic (exact) mass is 409 g/mol. The number of nitrogens with one attached hydrogen (secondary N) is 1. The molecule has 0 saturated heterocycles. The summed E-state index contributed by atoms with van der Waals surface area (Å²) >= 11 is 6.32. The van der Waals surface area contributed by atoms with Gasteiger partial charge >= 0.3 is 0 Å². The van der Waals surface area contributed by atoms with Crippen LogP contribution in [0.3, 0.4) is 0 Å². The number of carbonyl (C=O) groups is 1. The Morgan fingerprint density at radius 3 is 2.55 bits per heavy atom. The molecule has 0 fully saturated rings. The van der Waals surface area contributed by atoms with Crippen molar-refractivity contribution < 1.29 is 19.0 Å². The van der Waals surface area contributed by atoms with Gasteiger partial charge in [0.15, 0.2) is 18.1 Å². The fourth-order valence-electron chi connectivity index (χ4n) is 3.01. The Hall–Kier alpha value is -3.18. The average molecular weight is 410 g/mol. The highest BCUT2D eigenvalue weighted by Gasteiger charge is 2.21. The summed E-state index contributed by atoms with van der Waals surface area (Å²) in [6.45, 7) is 0.580. The largest absolute Gasteiger partial charge is 0.486 e. The normalized spacial score (nSPS) is 14.9. The number of hydrogen-bond acceptors (Lipinski definition) is 4. The number of benzene rings is 3. The van der Waals surface area contributed by atoms with Gasteiger partial charge in [-0.25, -0.2) is 0 Å². The van der Waals surface area contributed by atoms with Gasteiger partial charge in [-0.2, -0.15) is 0 Å². The van der Waals surface area contributed by atoms with Crippen LogP contribution in [0.2, 0.25) is 5.02 Å². The molecule has 0 radical (unpaired) electrons. The number of rotatable bonds is 6. The van der Waals surface area contributed by atoms with E-state index in [4.69, 9.17) is 25.8 Å². The molecule has 1 atom stereocenters. The van der Waals surface area contributed by atoms with Crippen LogP contribution in [0.1, 0.15) is 0 Å². The first kappa shape index (κ1) is 19.2. The lowest BCUT2D eigenvalue weighted by molar-refractivity contribution is -0.123. The summed E-state index contributed by atoms with van der Waals surface area (Å²) in [5.41, 5.74) is 2.05. The van der Waals surface area contributed by atoms with Crippen molar-refractivity contribution in [3.8, 4) is 28.4 Å². The number of fused-ring (bicyclic) bond motifs is 1. The zero-order valence-electron chi connectivity index (χ0n) is 15.6. The number of carbonyl (C=O) groups excluding carboxylic acids is 1. The molecule has 1 aliphatic rings. The summed E-state index contributed by atoms with van der Waals surface area (Å²) in [4.78, 5) is 12.1. The Morgan fingerprint density at radius 1 is 1.00 bits per heavy atom. The van der Waals surface area contributed by atoms with Gasteiger partial charge in [-0.3, -0.25) is 4.79 Å². The van der Waals surface area contributed by atoms with Gasteiger partial charge < -0.3 is 19.5 Å². The molecule has 0 aromatic heterocycles. The van der Waals surface area contributed by atoms with Gasteiger partial charge in [-0.05, 0) is 35.4 Å². The van der Waals surface area contributed by atoms with Crippen LogP contribution in [-0.2, 0) is 4.79 Å². The summed E-state index contributed by atoms with van der Waals surface area (Å²) in [5.74, 6) is 1.61. The lowest BCUT2D eigenvalue weighted by Gasteiger charge is -2.26. The number of para-hydroxylation sites is 2. The SMILES string of the molecule is O=C(COc1ccc(-c2ccccc2)cc1Cl)NC[C@H]1COc2ccccc2O1. The minimum atomic E-state index is -0.254. The molecule has 4 rings (SSSR count). The number of ether oxygens (including phenoxy) is 3. The van der Waals surface area contributed by atoms with E-state index in [1.807, 2.05) is 66.7 Å². The van der Waals surface area contributed by atoms with Crippen LogP contribution >= 0.6 is 11.6 Å². The molecule has 29 heavy (non-hydrogen) atoms. The van der Waals surface area contributed by atoms with Gasteiger partial charge in [0.1, 0.15) is 18.5 Å². The van der Waals surface area contributed by atoms with Crippen molar-refractivity contribution in [3.05, 3.63) is 77.8 Å². The molecule has 0 saturated carbocycles. The molecule has 1 amide bonds. The Balaban J connectivity index is 1.27. The minimum absolute atomic E-state index is 0.130. The first-order valence-electron chi connectivity index (χ1n) is 9.32. The second-order valence-corrected chi connectivity index (χ2v) is 7.01. The molecule has 5 nitrogen and oxygen atoms in total. The predicted molar refractivity (Wildman–Crippen MR) is 112 cm³/mol. The van der Waals surface area contributed by atoms with Gasteiger partial charge in [0.25, 0.3) is 5.91 Å². The molecule has 0 bridgehead atoms. The number of halogens is 1. The number of hydrogen-bond donors (Lipinski definition) is 1. The molecule has 1 aliphatic heterocycles. The van der Waals surface area contributed by atoms with Crippen LogP contribution in [0.5, 0.6) is 17.2 Å². The van der Waals surface area contributed by atoms with Gasteiger partial charge in [-0.15, -0.1) is 0 Å². The quantitative estimate of drug-likeness (QED) is 0.658. The fourth-order valence-corrected chi connectivity index (χ4v) is 3.25. The van der Waals surface area contributed by atoms with Crippen molar-refractivity contribution in [3.63, 3.8) is 0 Å². The van der Waals surface area contributed by atoms with E-state index in [-0.39, 0.29) is 18.6 Å². The van der Waals surface area contributed by atoms with Crippen LogP contribution in [-0.4, -0.2) is 31.8 Å². The molecule has 148 valence electrons. The van der Waals surface area contributed by atoms with E-state index in [0.717, 1.165) is 11.1 Å². The second-order valence-electron chi connectivity index (χ2n) is 6.60. The third-order valence-corrected chi connectivity index (χ3v) is 4.79. The molecule has 6 heteroatoms. The highest BCUT2D eigenvalue weighted by Crippen LogP contribution is 2.31. The summed E-state index contributed by atoms with van der Waals surface area (Å²) in [5, 5.41) is 3.26. The van der Waals surface area contributed by atoms with Crippen LogP contribution in [0.25, 0.3) is 11.1 Å². The zero-order chi connectivity index (χ0) is 20.1. The summed E-state index contributed by atoms with van der Waals surface area (Å²) < 4.78 is 17.0. The molecule has 0 spiro atoms. The van der Waals surface area contributed by atoms with Crippen LogP contribution in [0.15, 0.2) is 72.8 Å². The standard InChI is InChI=1S/C23H20ClNO4/c24-19-12-17(16-6-2-1-3-7-16)10-11-20(19)28-15-23(26)25-13-18-14-27-21-8-4-5-9-22(21)29-18/h1-12,18H,13-15H2,(H,25,26)/t18-/m0/s1. The van der Waals surface area contributed by atoms with E-state index < -0.39 is 0 Å². The van der Waals surface area contributed by atoms with E-state index in [9.17, 15) is 4.79 Å². The lowest BCUT2D eigenvalue weighted by Crippen LogP contribution is -2.42. The van der Waals surface area contributed by atoms with Crippen molar-refractivity contribution in [1.29, 1.82) is 0 Å². The minimum Gasteiger partial charge on any atom is -0.486 e. The molecule has 3 aromatic carbocycles. The first-order valence-corrected chi connectivity index (χ1v) is 9.70. The molecule has 1 N–H and O–H groups in total. The van der Waals surface area contributed by atoms with E-state index in [1.165, 1.54) is 0 Å². The Labute approximate surface area is 174 Å². The maximum atomic E-state index is 12.1. The van der Waals surface area contributed by atoms with Crippen LogP contribution in [0, 0.1) is 0 Å². The highest BCUT2D eigenvalue weighted by atomic mass is 35.5. The average Bonchev–Trinajstić information content (AvgIpc) is 2.77. The van der Waals surface area contributed by atoms with E-state index in [1.54, 1.807) is 6.07 Å². The van der Waals surface area contributed by atoms with E-state index in [2.05, 4.69) is 5.32 Å². The zero-order valence-corrected chi connectivity index (χ0v) is 16.4. The van der Waals surface area contributed by atoms with Crippen molar-refractivity contribution in [2.24, 2.45) is 0 Å². The number of amides is 1. The van der Waals surface area contributed by atoms with E-state index in [0.29, 0.717) is 35.4 Å². The Morgan fingerprint density at radius 2 is 1.76 bits per heavy atom. The van der Waals surface area contributed by atoms with Crippen molar-refractivity contribution in [2.75, 3.05) is 19.8 Å². The Kier molecular flexibility index (Phi) is 5.86. The fraction of sp³-hybridized carbons (Fsp3) is 0.174. The van der Waals surface area contributed by atoms with Crippen LogP contribution < -0.4 is 19.5 Å². The van der Waals surface area contributed by atoms with Crippen molar-refractivity contribution >= 4 is 17.5 Å². The van der Waals surface area contributed by atoms with Crippen molar-refractivity contribution in [2.45, 2.75) is 6.10 Å². The Bertz CT molecular complexity index is 993. The molecule has 1 heterocycles. The highest BCUT2D eigenvalue weighted by molar-refractivity contribution is 6.32. The van der Waals surface area contributed by atoms with Gasteiger partial charge in [-0.1, -0.05) is 60.1 Å². The molecule has 0 aliphatic carbocycles. The smallest absolute Gasteiger partial charge is 0.258 e. The lowest BCUT2D eigenvalue weighted by atomic mass is 10.1. The summed E-state index contributed by atoms with van der Waals surface area (Å²) in [6.07, 6.45) is -0.248. The van der Waals surface area contributed by atoms with Crippen molar-refractivity contribution in [1.82, 2.24) is 5.32 Å². The maximum Gasteiger partial charge on any atom is 0.258 e. The van der Waals surface area contributed by atoms with Gasteiger partial charge in [0, 0.05) is 0 Å².